The number of carbonyl (C=O) groups is 3. The highest BCUT2D eigenvalue weighted by Gasteiger charge is 2.39. The Bertz CT molecular complexity index is 1320. The van der Waals surface area contributed by atoms with Crippen LogP contribution in [0.15, 0.2) is 77.5 Å². The summed E-state index contributed by atoms with van der Waals surface area (Å²) in [6, 6.07) is 17.1. The first-order valence-electron chi connectivity index (χ1n) is 9.73. The highest BCUT2D eigenvalue weighted by Crippen LogP contribution is 2.30. The molecule has 33 heavy (non-hydrogen) atoms. The van der Waals surface area contributed by atoms with Crippen molar-refractivity contribution in [1.82, 2.24) is 0 Å². The summed E-state index contributed by atoms with van der Waals surface area (Å²) in [4.78, 5) is 39.0. The molecule has 2 N–H and O–H groups in total. The Morgan fingerprint density at radius 2 is 1.73 bits per heavy atom. The van der Waals surface area contributed by atoms with Crippen LogP contribution in [0.2, 0.25) is 0 Å². The number of anilines is 3. The lowest BCUT2D eigenvalue weighted by Crippen LogP contribution is -2.32. The van der Waals surface area contributed by atoms with E-state index in [2.05, 4.69) is 33.2 Å². The van der Waals surface area contributed by atoms with Crippen LogP contribution in [0.3, 0.4) is 0 Å². The molecule has 0 spiro atoms. The second-order valence-corrected chi connectivity index (χ2v) is 8.85. The zero-order valence-corrected chi connectivity index (χ0v) is 20.1. The topological polar surface area (TPSA) is 78.5 Å². The van der Waals surface area contributed by atoms with Gasteiger partial charge in [0, 0.05) is 20.5 Å². The summed E-state index contributed by atoms with van der Waals surface area (Å²) in [7, 11) is 0. The molecule has 0 unspecified atom stereocenters. The Morgan fingerprint density at radius 1 is 1.00 bits per heavy atom. The van der Waals surface area contributed by atoms with Gasteiger partial charge in [-0.05, 0) is 95.7 Å². The average Bonchev–Trinajstić information content (AvgIpc) is 3.00. The van der Waals surface area contributed by atoms with Gasteiger partial charge in [0.15, 0.2) is 0 Å². The van der Waals surface area contributed by atoms with Crippen LogP contribution >= 0.6 is 34.2 Å². The molecule has 6 nitrogen and oxygen atoms in total. The molecule has 3 amide bonds. The number of hydrogen-bond acceptors (Lipinski definition) is 4. The van der Waals surface area contributed by atoms with E-state index in [0.717, 1.165) is 26.2 Å². The molecule has 0 saturated heterocycles. The number of benzene rings is 3. The molecular weight excluding hydrogens is 560 g/mol. The third kappa shape index (κ3) is 4.76. The highest BCUT2D eigenvalue weighted by molar-refractivity contribution is 14.1. The molecule has 166 valence electrons. The summed E-state index contributed by atoms with van der Waals surface area (Å²) < 4.78 is 14.3. The number of nitrogens with zero attached hydrogens (tertiary/aromatic N) is 1. The van der Waals surface area contributed by atoms with Gasteiger partial charge in [0.05, 0.1) is 5.69 Å². The van der Waals surface area contributed by atoms with Crippen molar-refractivity contribution in [2.45, 2.75) is 6.92 Å². The smallest absolute Gasteiger partial charge is 0.283 e. The maximum absolute atomic E-state index is 13.2. The van der Waals surface area contributed by atoms with E-state index in [4.69, 9.17) is 11.6 Å². The third-order valence-corrected chi connectivity index (χ3v) is 5.96. The van der Waals surface area contributed by atoms with Crippen LogP contribution in [-0.4, -0.2) is 17.7 Å². The van der Waals surface area contributed by atoms with Gasteiger partial charge < -0.3 is 10.6 Å². The van der Waals surface area contributed by atoms with E-state index >= 15 is 0 Å². The molecule has 1 heterocycles. The maximum atomic E-state index is 13.2. The van der Waals surface area contributed by atoms with E-state index in [-0.39, 0.29) is 22.3 Å². The van der Waals surface area contributed by atoms with Crippen LogP contribution in [0.25, 0.3) is 0 Å². The maximum Gasteiger partial charge on any atom is 0.283 e. The van der Waals surface area contributed by atoms with Crippen molar-refractivity contribution < 1.29 is 18.8 Å². The fourth-order valence-corrected chi connectivity index (χ4v) is 4.14. The van der Waals surface area contributed by atoms with Gasteiger partial charge in [-0.15, -0.1) is 0 Å². The predicted molar refractivity (Wildman–Crippen MR) is 134 cm³/mol. The van der Waals surface area contributed by atoms with Crippen molar-refractivity contribution in [3.8, 4) is 0 Å². The van der Waals surface area contributed by atoms with Gasteiger partial charge in [0.25, 0.3) is 17.7 Å². The normalized spacial score (nSPS) is 13.5. The first-order valence-corrected chi connectivity index (χ1v) is 11.2. The monoisotopic (exact) mass is 575 g/mol. The largest absolute Gasteiger partial charge is 0.350 e. The summed E-state index contributed by atoms with van der Waals surface area (Å²) >= 11 is 8.34. The van der Waals surface area contributed by atoms with Gasteiger partial charge in [-0.2, -0.15) is 0 Å². The van der Waals surface area contributed by atoms with Gasteiger partial charge >= 0.3 is 0 Å². The van der Waals surface area contributed by atoms with Crippen molar-refractivity contribution in [3.63, 3.8) is 0 Å². The summed E-state index contributed by atoms with van der Waals surface area (Å²) in [5, 5.41) is 5.41. The molecule has 3 aromatic carbocycles. The fourth-order valence-electron chi connectivity index (χ4n) is 3.28. The number of amides is 3. The minimum atomic E-state index is -0.723. The first-order chi connectivity index (χ1) is 15.7. The highest BCUT2D eigenvalue weighted by atomic mass is 127. The molecule has 1 aliphatic rings. The van der Waals surface area contributed by atoms with Crippen LogP contribution in [-0.2, 0) is 9.59 Å². The average molecular weight is 576 g/mol. The molecular formula is C24H16ClFIN3O3. The Morgan fingerprint density at radius 3 is 2.42 bits per heavy atom. The number of carbonyl (C=O) groups excluding carboxylic acids is 3. The van der Waals surface area contributed by atoms with E-state index in [9.17, 15) is 18.8 Å². The lowest BCUT2D eigenvalue weighted by molar-refractivity contribution is -0.120. The van der Waals surface area contributed by atoms with Crippen molar-refractivity contribution in [2.24, 2.45) is 0 Å². The van der Waals surface area contributed by atoms with Crippen LogP contribution < -0.4 is 15.5 Å². The molecule has 0 bridgehead atoms. The van der Waals surface area contributed by atoms with Crippen molar-refractivity contribution in [2.75, 3.05) is 15.5 Å². The second-order valence-electron chi connectivity index (χ2n) is 7.23. The van der Waals surface area contributed by atoms with E-state index < -0.39 is 17.6 Å². The van der Waals surface area contributed by atoms with E-state index in [0.29, 0.717) is 16.9 Å². The molecule has 0 fully saturated rings. The van der Waals surface area contributed by atoms with Gasteiger partial charge in [-0.25, -0.2) is 9.29 Å². The molecule has 4 rings (SSSR count). The lowest BCUT2D eigenvalue weighted by Gasteiger charge is -2.15. The number of aryl methyl sites for hydroxylation is 1. The van der Waals surface area contributed by atoms with Gasteiger partial charge in [0.1, 0.15) is 16.5 Å². The molecule has 0 aromatic heterocycles. The standard InChI is InChI=1S/C24H16ClFIN3O3/c1-13-11-16(27)7-10-19(13)29-22(31)14-3-2-4-17(12-14)28-21-20(25)23(32)30(24(21)33)18-8-5-15(26)6-9-18/h2-12,28H,1H3,(H,29,31). The molecule has 3 aromatic rings. The number of imide groups is 1. The minimum Gasteiger partial charge on any atom is -0.350 e. The summed E-state index contributed by atoms with van der Waals surface area (Å²) in [6.45, 7) is 1.90. The minimum absolute atomic E-state index is 0.128. The molecule has 1 aliphatic heterocycles. The molecule has 9 heteroatoms. The van der Waals surface area contributed by atoms with E-state index in [1.54, 1.807) is 24.3 Å². The zero-order valence-electron chi connectivity index (χ0n) is 17.2. The van der Waals surface area contributed by atoms with E-state index in [1.165, 1.54) is 12.1 Å². The molecule has 0 radical (unpaired) electrons. The van der Waals surface area contributed by atoms with Crippen molar-refractivity contribution in [1.29, 1.82) is 0 Å². The van der Waals surface area contributed by atoms with Gasteiger partial charge in [0.2, 0.25) is 0 Å². The first kappa shape index (κ1) is 22.9. The second kappa shape index (κ2) is 9.32. The Kier molecular flexibility index (Phi) is 6.48. The summed E-state index contributed by atoms with van der Waals surface area (Å²) in [5.41, 5.74) is 2.44. The zero-order chi connectivity index (χ0) is 23.7. The van der Waals surface area contributed by atoms with Crippen LogP contribution in [0.5, 0.6) is 0 Å². The molecule has 0 aliphatic carbocycles. The molecule has 0 saturated carbocycles. The quantitative estimate of drug-likeness (QED) is 0.314. The number of rotatable bonds is 5. The number of hydrogen-bond donors (Lipinski definition) is 2. The van der Waals surface area contributed by atoms with Gasteiger partial charge in [-0.1, -0.05) is 17.7 Å². The SMILES string of the molecule is Cc1cc(I)ccc1NC(=O)c1cccc(NC2=C(Cl)C(=O)N(c3ccc(F)cc3)C2=O)c1. The Balaban J connectivity index is 1.54. The number of nitrogens with one attached hydrogen (secondary N) is 2. The van der Waals surface area contributed by atoms with Crippen LogP contribution in [0.4, 0.5) is 21.5 Å². The Hall–Kier alpha value is -3.24. The molecule has 0 atom stereocenters. The number of halogens is 3. The van der Waals surface area contributed by atoms with Crippen molar-refractivity contribution >= 4 is 69.0 Å². The van der Waals surface area contributed by atoms with Gasteiger partial charge in [-0.3, -0.25) is 14.4 Å². The summed E-state index contributed by atoms with van der Waals surface area (Å²) in [5.74, 6) is -2.23. The predicted octanol–water partition coefficient (Wildman–Crippen LogP) is 5.43. The van der Waals surface area contributed by atoms with Crippen LogP contribution in [0.1, 0.15) is 15.9 Å². The summed E-state index contributed by atoms with van der Waals surface area (Å²) in [6.07, 6.45) is 0. The Labute approximate surface area is 207 Å². The lowest BCUT2D eigenvalue weighted by atomic mass is 10.1. The third-order valence-electron chi connectivity index (χ3n) is 4.94. The fraction of sp³-hybridized carbons (Fsp3) is 0.0417. The van der Waals surface area contributed by atoms with E-state index in [1.807, 2.05) is 25.1 Å². The van der Waals surface area contributed by atoms with Crippen molar-refractivity contribution in [3.05, 3.63) is 98.0 Å². The van der Waals surface area contributed by atoms with Crippen LogP contribution in [0, 0.1) is 16.3 Å².